The Morgan fingerprint density at radius 3 is 2.44 bits per heavy atom. The van der Waals surface area contributed by atoms with Crippen LogP contribution < -0.4 is 4.74 Å². The molecule has 9 nitrogen and oxygen atoms in total. The van der Waals surface area contributed by atoms with Crippen molar-refractivity contribution in [3.05, 3.63) is 58.6 Å². The van der Waals surface area contributed by atoms with Gasteiger partial charge >= 0.3 is 6.09 Å². The summed E-state index contributed by atoms with van der Waals surface area (Å²) < 4.78 is 102. The number of nitrogens with zero attached hydrogens (tertiary/aromatic N) is 1. The molecule has 2 aromatic rings. The van der Waals surface area contributed by atoms with Gasteiger partial charge in [0.25, 0.3) is 0 Å². The van der Waals surface area contributed by atoms with Crippen molar-refractivity contribution in [3.63, 3.8) is 0 Å². The number of likely N-dealkylation sites (tertiary alicyclic amines) is 1. The van der Waals surface area contributed by atoms with Gasteiger partial charge in [-0.25, -0.2) is 30.4 Å². The van der Waals surface area contributed by atoms with Gasteiger partial charge in [-0.3, -0.25) is 0 Å². The van der Waals surface area contributed by atoms with E-state index >= 15 is 4.39 Å². The number of hydrogen-bond donors (Lipinski definition) is 0. The van der Waals surface area contributed by atoms with E-state index in [0.717, 1.165) is 25.0 Å². The van der Waals surface area contributed by atoms with E-state index in [1.165, 1.54) is 29.2 Å². The third-order valence-corrected chi connectivity index (χ3v) is 13.3. The summed E-state index contributed by atoms with van der Waals surface area (Å²) in [7, 11) is -8.21. The Hall–Kier alpha value is -2.48. The number of hydrogen-bond acceptors (Lipinski definition) is 8. The molecule has 248 valence electrons. The van der Waals surface area contributed by atoms with Crippen LogP contribution in [0.4, 0.5) is 13.6 Å². The van der Waals surface area contributed by atoms with Crippen LogP contribution in [0.1, 0.15) is 58.4 Å². The molecule has 3 aliphatic rings. The van der Waals surface area contributed by atoms with Crippen LogP contribution in [-0.2, 0) is 33.9 Å². The smallest absolute Gasteiger partial charge is 0.410 e. The highest BCUT2D eigenvalue weighted by Gasteiger charge is 2.61. The molecule has 1 amide bonds. The first-order valence-electron chi connectivity index (χ1n) is 15.0. The molecule has 0 aliphatic carbocycles. The SMILES string of the molecule is CC(C)(C)OC(=O)N1CCCC[C@H]1CS(=O)(=O)CC[C@@H]1OCC[C@@]2(S(=O)(=O)c3ccc(Cl)cc3)c3c(F)ccc(F)c3OC[C@@H]12. The van der Waals surface area contributed by atoms with Crippen molar-refractivity contribution in [2.45, 2.75) is 80.3 Å². The van der Waals surface area contributed by atoms with Gasteiger partial charge in [-0.2, -0.15) is 0 Å². The van der Waals surface area contributed by atoms with Gasteiger partial charge in [0.05, 0.1) is 34.7 Å². The van der Waals surface area contributed by atoms with E-state index in [-0.39, 0.29) is 42.5 Å². The Bertz CT molecular complexity index is 1650. The highest BCUT2D eigenvalue weighted by atomic mass is 35.5. The van der Waals surface area contributed by atoms with Crippen LogP contribution in [0.15, 0.2) is 41.3 Å². The molecule has 0 bridgehead atoms. The van der Waals surface area contributed by atoms with Gasteiger partial charge in [0, 0.05) is 30.1 Å². The summed E-state index contributed by atoms with van der Waals surface area (Å²) in [4.78, 5) is 14.2. The van der Waals surface area contributed by atoms with E-state index in [1.54, 1.807) is 20.8 Å². The van der Waals surface area contributed by atoms with Crippen LogP contribution >= 0.6 is 11.6 Å². The number of fused-ring (bicyclic) bond motifs is 3. The average molecular weight is 690 g/mol. The lowest BCUT2D eigenvalue weighted by Gasteiger charge is -2.50. The van der Waals surface area contributed by atoms with E-state index in [9.17, 15) is 26.0 Å². The number of piperidine rings is 1. The van der Waals surface area contributed by atoms with Gasteiger partial charge in [-0.1, -0.05) is 11.6 Å². The number of carbonyl (C=O) groups excluding carboxylic acids is 1. The van der Waals surface area contributed by atoms with E-state index in [0.29, 0.717) is 18.0 Å². The van der Waals surface area contributed by atoms with Crippen molar-refractivity contribution in [1.82, 2.24) is 4.90 Å². The maximum absolute atomic E-state index is 15.6. The van der Waals surface area contributed by atoms with E-state index in [4.69, 9.17) is 25.8 Å². The third-order valence-electron chi connectivity index (χ3n) is 8.76. The van der Waals surface area contributed by atoms with Crippen LogP contribution in [0.5, 0.6) is 5.75 Å². The van der Waals surface area contributed by atoms with Crippen molar-refractivity contribution in [2.24, 2.45) is 5.92 Å². The fourth-order valence-electron chi connectivity index (χ4n) is 6.74. The van der Waals surface area contributed by atoms with Crippen molar-refractivity contribution < 1.29 is 44.6 Å². The second kappa shape index (κ2) is 12.6. The summed E-state index contributed by atoms with van der Waals surface area (Å²) >= 11 is 6.01. The highest BCUT2D eigenvalue weighted by molar-refractivity contribution is 7.92. The number of amides is 1. The van der Waals surface area contributed by atoms with Crippen molar-refractivity contribution in [3.8, 4) is 5.75 Å². The van der Waals surface area contributed by atoms with E-state index in [2.05, 4.69) is 0 Å². The lowest BCUT2D eigenvalue weighted by Crippen LogP contribution is -2.57. The molecule has 2 saturated heterocycles. The molecule has 45 heavy (non-hydrogen) atoms. The summed E-state index contributed by atoms with van der Waals surface area (Å²) in [5, 5.41) is 0.297. The zero-order valence-corrected chi connectivity index (χ0v) is 27.8. The summed E-state index contributed by atoms with van der Waals surface area (Å²) in [6.07, 6.45) is 0.143. The Kier molecular flexibility index (Phi) is 9.49. The first-order valence-corrected chi connectivity index (χ1v) is 18.7. The quantitative estimate of drug-likeness (QED) is 0.365. The normalized spacial score (nSPS) is 25.6. The minimum absolute atomic E-state index is 0.111. The first-order chi connectivity index (χ1) is 21.1. The predicted octanol–water partition coefficient (Wildman–Crippen LogP) is 5.68. The number of ether oxygens (including phenoxy) is 3. The molecule has 3 aliphatic heterocycles. The lowest BCUT2D eigenvalue weighted by atomic mass is 9.75. The molecular formula is C31H38ClF2NO8S2. The van der Waals surface area contributed by atoms with Crippen molar-refractivity contribution in [1.29, 1.82) is 0 Å². The van der Waals surface area contributed by atoms with E-state index < -0.39 is 77.1 Å². The predicted molar refractivity (Wildman–Crippen MR) is 164 cm³/mol. The monoisotopic (exact) mass is 689 g/mol. The minimum atomic E-state index is -4.43. The van der Waals surface area contributed by atoms with Crippen LogP contribution in [0.2, 0.25) is 5.02 Å². The van der Waals surface area contributed by atoms with E-state index in [1.807, 2.05) is 0 Å². The van der Waals surface area contributed by atoms with Crippen molar-refractivity contribution >= 4 is 37.4 Å². The fraction of sp³-hybridized carbons (Fsp3) is 0.581. The van der Waals surface area contributed by atoms with Crippen LogP contribution in [-0.4, -0.2) is 76.8 Å². The maximum atomic E-state index is 15.6. The standard InChI is InChI=1S/C31H38ClF2NO8S2/c1-30(2,3)43-29(36)35-15-5-4-6-21(35)19-44(37,38)17-13-26-23-18-42-28-25(34)12-11-24(33)27(28)31(23,14-16-41-26)45(39,40)22-9-7-20(32)8-10-22/h7-12,21,23,26H,4-6,13-19H2,1-3H3/t21-,23-,26-,31-/m0/s1. The first kappa shape index (κ1) is 33.9. The summed E-state index contributed by atoms with van der Waals surface area (Å²) in [6.45, 7) is 5.13. The summed E-state index contributed by atoms with van der Waals surface area (Å²) in [5.74, 6) is -4.04. The number of benzene rings is 2. The third kappa shape index (κ3) is 6.68. The Morgan fingerprint density at radius 1 is 1.07 bits per heavy atom. The Labute approximate surface area is 268 Å². The van der Waals surface area contributed by atoms with Crippen LogP contribution in [0.25, 0.3) is 0 Å². The van der Waals surface area contributed by atoms with Gasteiger partial charge in [0.2, 0.25) is 0 Å². The second-order valence-corrected chi connectivity index (χ2v) is 17.8. The van der Waals surface area contributed by atoms with Crippen LogP contribution in [0, 0.1) is 17.6 Å². The second-order valence-electron chi connectivity index (χ2n) is 12.9. The van der Waals surface area contributed by atoms with Gasteiger partial charge in [0.1, 0.15) is 16.2 Å². The number of rotatable bonds is 7. The molecule has 0 aromatic heterocycles. The molecule has 0 spiro atoms. The average Bonchev–Trinajstić information content (AvgIpc) is 2.96. The zero-order chi connectivity index (χ0) is 32.8. The molecule has 4 atom stereocenters. The molecule has 3 heterocycles. The summed E-state index contributed by atoms with van der Waals surface area (Å²) in [6, 6.07) is 6.60. The minimum Gasteiger partial charge on any atom is -0.490 e. The van der Waals surface area contributed by atoms with Gasteiger partial charge in [-0.05, 0) is 89.3 Å². The number of carbonyl (C=O) groups is 1. The van der Waals surface area contributed by atoms with Crippen molar-refractivity contribution in [2.75, 3.05) is 31.3 Å². The molecule has 5 rings (SSSR count). The molecule has 0 unspecified atom stereocenters. The van der Waals surface area contributed by atoms with Crippen LogP contribution in [0.3, 0.4) is 0 Å². The van der Waals surface area contributed by atoms with Gasteiger partial charge < -0.3 is 19.1 Å². The molecular weight excluding hydrogens is 652 g/mol. The Morgan fingerprint density at radius 2 is 1.76 bits per heavy atom. The molecule has 0 N–H and O–H groups in total. The molecule has 14 heteroatoms. The molecule has 2 fully saturated rings. The maximum Gasteiger partial charge on any atom is 0.410 e. The topological polar surface area (TPSA) is 116 Å². The van der Waals surface area contributed by atoms with Gasteiger partial charge in [0.15, 0.2) is 31.2 Å². The number of sulfone groups is 2. The Balaban J connectivity index is 1.44. The summed E-state index contributed by atoms with van der Waals surface area (Å²) in [5.41, 5.74) is -1.15. The highest BCUT2D eigenvalue weighted by Crippen LogP contribution is 2.56. The molecule has 2 aromatic carbocycles. The van der Waals surface area contributed by atoms with Gasteiger partial charge in [-0.15, -0.1) is 0 Å². The molecule has 0 radical (unpaired) electrons. The fourth-order valence-corrected chi connectivity index (χ4v) is 10.9. The largest absolute Gasteiger partial charge is 0.490 e. The zero-order valence-electron chi connectivity index (χ0n) is 25.4. The lowest BCUT2D eigenvalue weighted by molar-refractivity contribution is -0.0732. The molecule has 0 saturated carbocycles. The number of halogens is 3.